The molecule has 0 bridgehead atoms. The SMILES string of the molecule is CS(=O)(=O)C1CCN(CC2CO2)CC1. The van der Waals surface area contributed by atoms with Crippen molar-refractivity contribution < 1.29 is 13.2 Å². The van der Waals surface area contributed by atoms with Crippen LogP contribution in [0.1, 0.15) is 12.8 Å². The molecular weight excluding hydrogens is 202 g/mol. The van der Waals surface area contributed by atoms with Gasteiger partial charge in [0.1, 0.15) is 9.84 Å². The number of piperidine rings is 1. The average molecular weight is 219 g/mol. The average Bonchev–Trinajstić information content (AvgIpc) is 2.88. The Morgan fingerprint density at radius 2 is 1.93 bits per heavy atom. The first-order valence-electron chi connectivity index (χ1n) is 5.08. The molecule has 2 aliphatic rings. The minimum atomic E-state index is -2.82. The van der Waals surface area contributed by atoms with E-state index in [9.17, 15) is 8.42 Å². The van der Waals surface area contributed by atoms with Crippen LogP contribution in [0.4, 0.5) is 0 Å². The van der Waals surface area contributed by atoms with Gasteiger partial charge in [0, 0.05) is 12.8 Å². The van der Waals surface area contributed by atoms with Gasteiger partial charge in [0.05, 0.1) is 18.0 Å². The van der Waals surface area contributed by atoms with Crippen molar-refractivity contribution in [2.45, 2.75) is 24.2 Å². The third-order valence-corrected chi connectivity index (χ3v) is 4.69. The van der Waals surface area contributed by atoms with Gasteiger partial charge < -0.3 is 9.64 Å². The highest BCUT2D eigenvalue weighted by atomic mass is 32.2. The molecule has 0 aromatic carbocycles. The van der Waals surface area contributed by atoms with Gasteiger partial charge in [-0.2, -0.15) is 0 Å². The molecule has 1 unspecified atom stereocenters. The lowest BCUT2D eigenvalue weighted by molar-refractivity contribution is 0.208. The van der Waals surface area contributed by atoms with E-state index in [0.717, 1.165) is 39.1 Å². The molecule has 0 amide bonds. The molecule has 0 aromatic rings. The second-order valence-corrected chi connectivity index (χ2v) is 6.61. The Labute approximate surface area is 85.1 Å². The van der Waals surface area contributed by atoms with Gasteiger partial charge in [-0.05, 0) is 25.9 Å². The molecule has 2 rings (SSSR count). The van der Waals surface area contributed by atoms with E-state index in [1.54, 1.807) is 0 Å². The molecule has 2 aliphatic heterocycles. The number of hydrogen-bond acceptors (Lipinski definition) is 4. The van der Waals surface area contributed by atoms with Crippen LogP contribution in [0.25, 0.3) is 0 Å². The van der Waals surface area contributed by atoms with E-state index in [0.29, 0.717) is 6.10 Å². The molecule has 0 radical (unpaired) electrons. The smallest absolute Gasteiger partial charge is 0.150 e. The van der Waals surface area contributed by atoms with Crippen LogP contribution in [-0.4, -0.2) is 57.2 Å². The summed E-state index contributed by atoms with van der Waals surface area (Å²) in [5, 5.41) is -0.112. The Balaban J connectivity index is 1.79. The second-order valence-electron chi connectivity index (χ2n) is 4.28. The van der Waals surface area contributed by atoms with Crippen LogP contribution in [0.3, 0.4) is 0 Å². The van der Waals surface area contributed by atoms with Crippen molar-refractivity contribution >= 4 is 9.84 Å². The molecule has 0 spiro atoms. The van der Waals surface area contributed by atoms with Crippen LogP contribution < -0.4 is 0 Å². The Kier molecular flexibility index (Phi) is 2.81. The van der Waals surface area contributed by atoms with E-state index in [4.69, 9.17) is 4.74 Å². The third-order valence-electron chi connectivity index (χ3n) is 3.00. The summed E-state index contributed by atoms with van der Waals surface area (Å²) in [4.78, 5) is 2.30. The van der Waals surface area contributed by atoms with Gasteiger partial charge in [0.25, 0.3) is 0 Å². The van der Waals surface area contributed by atoms with Crippen molar-refractivity contribution in [3.8, 4) is 0 Å². The van der Waals surface area contributed by atoms with Crippen LogP contribution in [0.5, 0.6) is 0 Å². The molecule has 1 atom stereocenters. The van der Waals surface area contributed by atoms with E-state index < -0.39 is 9.84 Å². The summed E-state index contributed by atoms with van der Waals surface area (Å²) in [6, 6.07) is 0. The summed E-state index contributed by atoms with van der Waals surface area (Å²) in [7, 11) is -2.82. The van der Waals surface area contributed by atoms with E-state index in [2.05, 4.69) is 4.90 Å². The molecule has 0 saturated carbocycles. The minimum Gasteiger partial charge on any atom is -0.372 e. The largest absolute Gasteiger partial charge is 0.372 e. The Bertz CT molecular complexity index is 289. The van der Waals surface area contributed by atoms with Crippen molar-refractivity contribution in [3.63, 3.8) is 0 Å². The lowest BCUT2D eigenvalue weighted by atomic mass is 10.1. The number of hydrogen-bond donors (Lipinski definition) is 0. The predicted molar refractivity (Wildman–Crippen MR) is 54.0 cm³/mol. The first-order chi connectivity index (χ1) is 6.55. The summed E-state index contributed by atoms with van der Waals surface area (Å²) in [5.74, 6) is 0. The molecule has 2 heterocycles. The van der Waals surface area contributed by atoms with Gasteiger partial charge in [-0.3, -0.25) is 0 Å². The monoisotopic (exact) mass is 219 g/mol. The van der Waals surface area contributed by atoms with Crippen LogP contribution >= 0.6 is 0 Å². The van der Waals surface area contributed by atoms with Crippen LogP contribution in [-0.2, 0) is 14.6 Å². The van der Waals surface area contributed by atoms with Gasteiger partial charge in [0.2, 0.25) is 0 Å². The quantitative estimate of drug-likeness (QED) is 0.622. The summed E-state index contributed by atoms with van der Waals surface area (Å²) in [6.07, 6.45) is 3.33. The van der Waals surface area contributed by atoms with E-state index in [1.807, 2.05) is 0 Å². The molecule has 5 heteroatoms. The summed E-state index contributed by atoms with van der Waals surface area (Å²) in [5.41, 5.74) is 0. The summed E-state index contributed by atoms with van der Waals surface area (Å²) >= 11 is 0. The summed E-state index contributed by atoms with van der Waals surface area (Å²) in [6.45, 7) is 3.66. The fourth-order valence-electron chi connectivity index (χ4n) is 1.98. The molecule has 0 aliphatic carbocycles. The van der Waals surface area contributed by atoms with Crippen molar-refractivity contribution in [2.75, 3.05) is 32.5 Å². The number of ether oxygens (including phenoxy) is 1. The Morgan fingerprint density at radius 1 is 1.36 bits per heavy atom. The standard InChI is InChI=1S/C9H17NO3S/c1-14(11,12)9-2-4-10(5-3-9)6-8-7-13-8/h8-9H,2-7H2,1H3. The van der Waals surface area contributed by atoms with Crippen molar-refractivity contribution in [1.29, 1.82) is 0 Å². The highest BCUT2D eigenvalue weighted by Crippen LogP contribution is 2.19. The van der Waals surface area contributed by atoms with Crippen LogP contribution in [0, 0.1) is 0 Å². The van der Waals surface area contributed by atoms with E-state index >= 15 is 0 Å². The molecular formula is C9H17NO3S. The maximum atomic E-state index is 11.3. The molecule has 14 heavy (non-hydrogen) atoms. The van der Waals surface area contributed by atoms with Gasteiger partial charge in [-0.25, -0.2) is 8.42 Å². The number of rotatable bonds is 3. The third kappa shape index (κ3) is 2.68. The molecule has 82 valence electrons. The molecule has 2 fully saturated rings. The normalized spacial score (nSPS) is 30.5. The lowest BCUT2D eigenvalue weighted by Crippen LogP contribution is -2.40. The fraction of sp³-hybridized carbons (Fsp3) is 1.00. The maximum Gasteiger partial charge on any atom is 0.150 e. The predicted octanol–water partition coefficient (Wildman–Crippen LogP) is -0.106. The lowest BCUT2D eigenvalue weighted by Gasteiger charge is -2.30. The maximum absolute atomic E-state index is 11.3. The fourth-order valence-corrected chi connectivity index (χ4v) is 3.05. The van der Waals surface area contributed by atoms with Gasteiger partial charge in [-0.1, -0.05) is 0 Å². The highest BCUT2D eigenvalue weighted by molar-refractivity contribution is 7.91. The minimum absolute atomic E-state index is 0.112. The van der Waals surface area contributed by atoms with E-state index in [1.165, 1.54) is 6.26 Å². The van der Waals surface area contributed by atoms with Crippen molar-refractivity contribution in [1.82, 2.24) is 4.90 Å². The molecule has 0 N–H and O–H groups in total. The first-order valence-corrected chi connectivity index (χ1v) is 7.04. The number of likely N-dealkylation sites (tertiary alicyclic amines) is 1. The van der Waals surface area contributed by atoms with Gasteiger partial charge in [-0.15, -0.1) is 0 Å². The highest BCUT2D eigenvalue weighted by Gasteiger charge is 2.30. The van der Waals surface area contributed by atoms with Crippen LogP contribution in [0.2, 0.25) is 0 Å². The summed E-state index contributed by atoms with van der Waals surface area (Å²) < 4.78 is 27.7. The van der Waals surface area contributed by atoms with Gasteiger partial charge >= 0.3 is 0 Å². The number of sulfone groups is 1. The van der Waals surface area contributed by atoms with E-state index in [-0.39, 0.29) is 5.25 Å². The topological polar surface area (TPSA) is 49.9 Å². The zero-order chi connectivity index (χ0) is 10.2. The number of nitrogens with zero attached hydrogens (tertiary/aromatic N) is 1. The zero-order valence-corrected chi connectivity index (χ0v) is 9.29. The Morgan fingerprint density at radius 3 is 2.36 bits per heavy atom. The van der Waals surface area contributed by atoms with Crippen molar-refractivity contribution in [3.05, 3.63) is 0 Å². The molecule has 4 nitrogen and oxygen atoms in total. The van der Waals surface area contributed by atoms with Crippen molar-refractivity contribution in [2.24, 2.45) is 0 Å². The number of epoxide rings is 1. The zero-order valence-electron chi connectivity index (χ0n) is 8.48. The van der Waals surface area contributed by atoms with Gasteiger partial charge in [0.15, 0.2) is 0 Å². The molecule has 0 aromatic heterocycles. The molecule has 2 saturated heterocycles. The first kappa shape index (κ1) is 10.4. The second kappa shape index (κ2) is 3.79. The Hall–Kier alpha value is -0.130. The van der Waals surface area contributed by atoms with Crippen LogP contribution in [0.15, 0.2) is 0 Å².